The third kappa shape index (κ3) is 2.81. The maximum atomic E-state index is 12.1. The molecule has 0 spiro atoms. The van der Waals surface area contributed by atoms with Gasteiger partial charge in [-0.2, -0.15) is 0 Å². The molecule has 0 bridgehead atoms. The van der Waals surface area contributed by atoms with Crippen LogP contribution in [0.5, 0.6) is 11.5 Å². The molecule has 3 rings (SSSR count). The van der Waals surface area contributed by atoms with Crippen molar-refractivity contribution in [2.24, 2.45) is 7.05 Å². The Kier molecular flexibility index (Phi) is 3.82. The van der Waals surface area contributed by atoms with E-state index in [1.807, 2.05) is 24.3 Å². The minimum atomic E-state index is -0.413. The summed E-state index contributed by atoms with van der Waals surface area (Å²) in [5.74, 6) is 0.939. The predicted octanol–water partition coefficient (Wildman–Crippen LogP) is 0.955. The molecule has 1 aliphatic heterocycles. The summed E-state index contributed by atoms with van der Waals surface area (Å²) in [7, 11) is 1.61. The third-order valence-electron chi connectivity index (χ3n) is 3.43. The van der Waals surface area contributed by atoms with E-state index in [9.17, 15) is 9.59 Å². The molecule has 0 saturated carbocycles. The number of fused-ring (bicyclic) bond motifs is 1. The van der Waals surface area contributed by atoms with Crippen LogP contribution in [0.15, 0.2) is 47.4 Å². The smallest absolute Gasteiger partial charge is 0.263 e. The van der Waals surface area contributed by atoms with Crippen molar-refractivity contribution in [2.75, 3.05) is 13.2 Å². The van der Waals surface area contributed by atoms with E-state index in [0.717, 1.165) is 0 Å². The number of aryl methyl sites for hydroxylation is 1. The van der Waals surface area contributed by atoms with Gasteiger partial charge in [-0.1, -0.05) is 12.1 Å². The van der Waals surface area contributed by atoms with Crippen molar-refractivity contribution in [3.05, 3.63) is 58.5 Å². The summed E-state index contributed by atoms with van der Waals surface area (Å²) < 4.78 is 12.7. The maximum absolute atomic E-state index is 12.1. The monoisotopic (exact) mass is 300 g/mol. The highest BCUT2D eigenvalue weighted by molar-refractivity contribution is 5.93. The highest BCUT2D eigenvalue weighted by Crippen LogP contribution is 2.30. The maximum Gasteiger partial charge on any atom is 0.263 e. The van der Waals surface area contributed by atoms with Crippen LogP contribution in [-0.2, 0) is 7.05 Å². The first kappa shape index (κ1) is 14.2. The summed E-state index contributed by atoms with van der Waals surface area (Å²) in [4.78, 5) is 24.0. The number of amides is 1. The molecule has 1 N–H and O–H groups in total. The van der Waals surface area contributed by atoms with Crippen LogP contribution in [0, 0.1) is 0 Å². The molecule has 6 heteroatoms. The zero-order valence-electron chi connectivity index (χ0n) is 12.1. The lowest BCUT2D eigenvalue weighted by atomic mass is 10.2. The normalized spacial score (nSPS) is 16.1. The Labute approximate surface area is 127 Å². The van der Waals surface area contributed by atoms with Crippen molar-refractivity contribution >= 4 is 5.91 Å². The zero-order chi connectivity index (χ0) is 15.5. The summed E-state index contributed by atoms with van der Waals surface area (Å²) in [5, 5.41) is 2.71. The molecule has 0 fully saturated rings. The highest BCUT2D eigenvalue weighted by Gasteiger charge is 2.21. The Bertz CT molecular complexity index is 754. The van der Waals surface area contributed by atoms with Crippen LogP contribution in [0.2, 0.25) is 0 Å². The Hall–Kier alpha value is -2.76. The third-order valence-corrected chi connectivity index (χ3v) is 3.43. The van der Waals surface area contributed by atoms with E-state index in [-0.39, 0.29) is 23.8 Å². The quantitative estimate of drug-likeness (QED) is 0.916. The molecule has 0 aliphatic carbocycles. The van der Waals surface area contributed by atoms with E-state index in [1.54, 1.807) is 19.3 Å². The van der Waals surface area contributed by atoms with Gasteiger partial charge in [0.25, 0.3) is 11.5 Å². The number of nitrogens with zero attached hydrogens (tertiary/aromatic N) is 1. The molecule has 1 unspecified atom stereocenters. The number of ether oxygens (including phenoxy) is 2. The number of carbonyl (C=O) groups excluding carboxylic acids is 1. The first-order valence-corrected chi connectivity index (χ1v) is 6.97. The SMILES string of the molecule is Cn1cccc(C(=O)NCC2COc3ccccc3O2)c1=O. The zero-order valence-corrected chi connectivity index (χ0v) is 12.1. The number of rotatable bonds is 3. The number of hydrogen-bond acceptors (Lipinski definition) is 4. The molecule has 1 atom stereocenters. The Morgan fingerprint density at radius 2 is 2.05 bits per heavy atom. The van der Waals surface area contributed by atoms with Gasteiger partial charge in [-0.05, 0) is 24.3 Å². The van der Waals surface area contributed by atoms with Gasteiger partial charge in [0.15, 0.2) is 11.5 Å². The molecule has 2 heterocycles. The first-order valence-electron chi connectivity index (χ1n) is 6.97. The molecule has 1 aliphatic rings. The van der Waals surface area contributed by atoms with Crippen LogP contribution in [-0.4, -0.2) is 29.7 Å². The lowest BCUT2D eigenvalue weighted by Crippen LogP contribution is -2.42. The molecule has 114 valence electrons. The molecule has 1 aromatic carbocycles. The van der Waals surface area contributed by atoms with Crippen LogP contribution in [0.4, 0.5) is 0 Å². The summed E-state index contributed by atoms with van der Waals surface area (Å²) in [6.45, 7) is 0.620. The van der Waals surface area contributed by atoms with Gasteiger partial charge in [-0.25, -0.2) is 0 Å². The lowest BCUT2D eigenvalue weighted by molar-refractivity contribution is 0.0788. The van der Waals surface area contributed by atoms with Crippen LogP contribution in [0.1, 0.15) is 10.4 Å². The molecule has 0 radical (unpaired) electrons. The van der Waals surface area contributed by atoms with E-state index in [4.69, 9.17) is 9.47 Å². The van der Waals surface area contributed by atoms with Crippen molar-refractivity contribution in [1.29, 1.82) is 0 Å². The highest BCUT2D eigenvalue weighted by atomic mass is 16.6. The largest absolute Gasteiger partial charge is 0.486 e. The van der Waals surface area contributed by atoms with E-state index < -0.39 is 5.91 Å². The predicted molar refractivity (Wildman–Crippen MR) is 80.4 cm³/mol. The van der Waals surface area contributed by atoms with E-state index >= 15 is 0 Å². The number of aromatic nitrogens is 1. The van der Waals surface area contributed by atoms with E-state index in [1.165, 1.54) is 10.6 Å². The number of nitrogens with one attached hydrogen (secondary N) is 1. The molecule has 6 nitrogen and oxygen atoms in total. The van der Waals surface area contributed by atoms with Gasteiger partial charge < -0.3 is 19.4 Å². The number of pyridine rings is 1. The lowest BCUT2D eigenvalue weighted by Gasteiger charge is -2.26. The molecule has 0 saturated heterocycles. The van der Waals surface area contributed by atoms with Gasteiger partial charge in [0.1, 0.15) is 18.3 Å². The van der Waals surface area contributed by atoms with Gasteiger partial charge in [-0.15, -0.1) is 0 Å². The van der Waals surface area contributed by atoms with Gasteiger partial charge in [0.2, 0.25) is 0 Å². The van der Waals surface area contributed by atoms with Gasteiger partial charge in [0.05, 0.1) is 6.54 Å². The summed E-state index contributed by atoms with van der Waals surface area (Å²) in [6, 6.07) is 10.5. The fraction of sp³-hybridized carbons (Fsp3) is 0.250. The average Bonchev–Trinajstić information content (AvgIpc) is 2.55. The molecule has 2 aromatic rings. The number of hydrogen-bond donors (Lipinski definition) is 1. The molecule has 22 heavy (non-hydrogen) atoms. The van der Waals surface area contributed by atoms with Gasteiger partial charge >= 0.3 is 0 Å². The van der Waals surface area contributed by atoms with Crippen molar-refractivity contribution in [1.82, 2.24) is 9.88 Å². The van der Waals surface area contributed by atoms with Gasteiger partial charge in [0, 0.05) is 13.2 Å². The minimum Gasteiger partial charge on any atom is -0.486 e. The summed E-state index contributed by atoms with van der Waals surface area (Å²) in [6.07, 6.45) is 1.32. The van der Waals surface area contributed by atoms with Gasteiger partial charge in [-0.3, -0.25) is 9.59 Å². The van der Waals surface area contributed by atoms with Crippen molar-refractivity contribution in [3.63, 3.8) is 0 Å². The van der Waals surface area contributed by atoms with Crippen LogP contribution < -0.4 is 20.3 Å². The standard InChI is InChI=1S/C16H16N2O4/c1-18-8-4-5-12(16(18)20)15(19)17-9-11-10-21-13-6-2-3-7-14(13)22-11/h2-8,11H,9-10H2,1H3,(H,17,19). The molecule has 1 aromatic heterocycles. The van der Waals surface area contributed by atoms with Crippen LogP contribution >= 0.6 is 0 Å². The summed E-state index contributed by atoms with van der Waals surface area (Å²) in [5.41, 5.74) is -0.215. The fourth-order valence-electron chi connectivity index (χ4n) is 2.24. The van der Waals surface area contributed by atoms with Crippen molar-refractivity contribution < 1.29 is 14.3 Å². The van der Waals surface area contributed by atoms with E-state index in [2.05, 4.69) is 5.32 Å². The summed E-state index contributed by atoms with van der Waals surface area (Å²) >= 11 is 0. The number of para-hydroxylation sites is 2. The average molecular weight is 300 g/mol. The molecular weight excluding hydrogens is 284 g/mol. The van der Waals surface area contributed by atoms with Crippen molar-refractivity contribution in [3.8, 4) is 11.5 Å². The first-order chi connectivity index (χ1) is 10.6. The molecular formula is C16H16N2O4. The second-order valence-electron chi connectivity index (χ2n) is 5.05. The molecule has 1 amide bonds. The Morgan fingerprint density at radius 1 is 1.27 bits per heavy atom. The second-order valence-corrected chi connectivity index (χ2v) is 5.05. The second kappa shape index (κ2) is 5.93. The Morgan fingerprint density at radius 3 is 2.86 bits per heavy atom. The van der Waals surface area contributed by atoms with Crippen molar-refractivity contribution in [2.45, 2.75) is 6.10 Å². The van der Waals surface area contributed by atoms with Crippen LogP contribution in [0.25, 0.3) is 0 Å². The van der Waals surface area contributed by atoms with E-state index in [0.29, 0.717) is 18.1 Å². The van der Waals surface area contributed by atoms with Crippen LogP contribution in [0.3, 0.4) is 0 Å². The minimum absolute atomic E-state index is 0.113. The fourth-order valence-corrected chi connectivity index (χ4v) is 2.24. The topological polar surface area (TPSA) is 69.6 Å². The Balaban J connectivity index is 1.63. The number of benzene rings is 1. The number of carbonyl (C=O) groups is 1.